The van der Waals surface area contributed by atoms with Gasteiger partial charge in [-0.2, -0.15) is 13.2 Å². The molecule has 0 N–H and O–H groups in total. The van der Waals surface area contributed by atoms with Gasteiger partial charge in [-0.05, 0) is 11.8 Å². The molecule has 1 nitrogen and oxygen atoms in total. The largest absolute Gasteiger partial charge is 0.398 e. The lowest BCUT2D eigenvalue weighted by atomic mass is 9.72. The molecule has 78 valence electrons. The van der Waals surface area contributed by atoms with E-state index in [2.05, 4.69) is 0 Å². The monoisotopic (exact) mass is 196 g/mol. The quantitative estimate of drug-likeness (QED) is 0.626. The molecule has 0 saturated carbocycles. The Bertz CT molecular complexity index is 186. The molecular weight excluding hydrogens is 181 g/mol. The van der Waals surface area contributed by atoms with Crippen LogP contribution in [0.2, 0.25) is 0 Å². The maximum atomic E-state index is 12.6. The average Bonchev–Trinajstić information content (AvgIpc) is 1.73. The summed E-state index contributed by atoms with van der Waals surface area (Å²) >= 11 is 0. The summed E-state index contributed by atoms with van der Waals surface area (Å²) in [4.78, 5) is 0. The minimum Gasteiger partial charge on any atom is -0.379 e. The van der Waals surface area contributed by atoms with Gasteiger partial charge in [-0.15, -0.1) is 0 Å². The minimum absolute atomic E-state index is 0.142. The Balaban J connectivity index is 2.72. The fourth-order valence-corrected chi connectivity index (χ4v) is 1.73. The van der Waals surface area contributed by atoms with E-state index in [4.69, 9.17) is 4.74 Å². The molecule has 0 spiro atoms. The third-order valence-corrected chi connectivity index (χ3v) is 2.23. The summed E-state index contributed by atoms with van der Waals surface area (Å²) in [5, 5.41) is 0. The first-order chi connectivity index (χ1) is 5.66. The van der Waals surface area contributed by atoms with Crippen LogP contribution in [-0.4, -0.2) is 19.4 Å². The molecule has 1 aliphatic rings. The highest BCUT2D eigenvalue weighted by Gasteiger charge is 2.60. The highest BCUT2D eigenvalue weighted by atomic mass is 19.4. The van der Waals surface area contributed by atoms with E-state index in [1.54, 1.807) is 0 Å². The van der Waals surface area contributed by atoms with Gasteiger partial charge in [-0.25, -0.2) is 0 Å². The lowest BCUT2D eigenvalue weighted by Gasteiger charge is -2.46. The Hall–Kier alpha value is -0.250. The normalized spacial score (nSPS) is 22.6. The van der Waals surface area contributed by atoms with Crippen LogP contribution in [0.4, 0.5) is 13.2 Å². The Morgan fingerprint density at radius 1 is 1.15 bits per heavy atom. The Labute approximate surface area is 76.3 Å². The SMILES string of the molecule is CC(C)(C)CC1(C(F)(F)F)COC1. The molecule has 13 heavy (non-hydrogen) atoms. The molecule has 0 bridgehead atoms. The zero-order valence-electron chi connectivity index (χ0n) is 8.16. The summed E-state index contributed by atoms with van der Waals surface area (Å²) in [7, 11) is 0. The zero-order valence-corrected chi connectivity index (χ0v) is 8.16. The van der Waals surface area contributed by atoms with Gasteiger partial charge < -0.3 is 4.74 Å². The van der Waals surface area contributed by atoms with Crippen molar-refractivity contribution in [2.75, 3.05) is 13.2 Å². The van der Waals surface area contributed by atoms with Gasteiger partial charge in [-0.3, -0.25) is 0 Å². The van der Waals surface area contributed by atoms with E-state index in [1.165, 1.54) is 0 Å². The summed E-state index contributed by atoms with van der Waals surface area (Å²) in [5.74, 6) is 0. The Morgan fingerprint density at radius 2 is 1.62 bits per heavy atom. The predicted octanol–water partition coefficient (Wildman–Crippen LogP) is 3.00. The topological polar surface area (TPSA) is 9.23 Å². The van der Waals surface area contributed by atoms with Crippen LogP contribution in [0.3, 0.4) is 0 Å². The van der Waals surface area contributed by atoms with Crippen LogP contribution in [0.1, 0.15) is 27.2 Å². The van der Waals surface area contributed by atoms with E-state index in [1.807, 2.05) is 20.8 Å². The van der Waals surface area contributed by atoms with Crippen molar-refractivity contribution in [2.24, 2.45) is 10.8 Å². The smallest absolute Gasteiger partial charge is 0.379 e. The number of alkyl halides is 3. The molecule has 1 rings (SSSR count). The molecule has 0 atom stereocenters. The summed E-state index contributed by atoms with van der Waals surface area (Å²) in [6, 6.07) is 0. The van der Waals surface area contributed by atoms with Gasteiger partial charge in [0.1, 0.15) is 5.41 Å². The standard InChI is InChI=1S/C9H15F3O/c1-7(2,3)4-8(5-13-6-8)9(10,11)12/h4-6H2,1-3H3. The first-order valence-electron chi connectivity index (χ1n) is 4.31. The molecule has 0 unspecified atom stereocenters. The van der Waals surface area contributed by atoms with E-state index in [-0.39, 0.29) is 25.0 Å². The first kappa shape index (κ1) is 10.8. The molecule has 0 aromatic heterocycles. The predicted molar refractivity (Wildman–Crippen MR) is 43.4 cm³/mol. The van der Waals surface area contributed by atoms with Crippen molar-refractivity contribution in [3.8, 4) is 0 Å². The number of rotatable bonds is 1. The summed E-state index contributed by atoms with van der Waals surface area (Å²) in [5.41, 5.74) is -1.88. The minimum atomic E-state index is -4.13. The van der Waals surface area contributed by atoms with Crippen molar-refractivity contribution in [2.45, 2.75) is 33.4 Å². The Kier molecular flexibility index (Phi) is 2.39. The van der Waals surface area contributed by atoms with Crippen LogP contribution in [0.5, 0.6) is 0 Å². The van der Waals surface area contributed by atoms with Crippen LogP contribution in [0.25, 0.3) is 0 Å². The highest BCUT2D eigenvalue weighted by Crippen LogP contribution is 2.50. The van der Waals surface area contributed by atoms with Crippen molar-refractivity contribution in [3.63, 3.8) is 0 Å². The van der Waals surface area contributed by atoms with Crippen molar-refractivity contribution in [1.82, 2.24) is 0 Å². The molecule has 0 aliphatic carbocycles. The third kappa shape index (κ3) is 2.16. The average molecular weight is 196 g/mol. The molecule has 4 heteroatoms. The van der Waals surface area contributed by atoms with Gasteiger partial charge in [-0.1, -0.05) is 20.8 Å². The van der Waals surface area contributed by atoms with E-state index < -0.39 is 11.6 Å². The molecule has 0 amide bonds. The van der Waals surface area contributed by atoms with Crippen LogP contribution in [0.15, 0.2) is 0 Å². The van der Waals surface area contributed by atoms with Crippen LogP contribution in [-0.2, 0) is 4.74 Å². The second-order valence-electron chi connectivity index (χ2n) is 5.01. The fraction of sp³-hybridized carbons (Fsp3) is 1.00. The number of ether oxygens (including phenoxy) is 1. The molecule has 1 aliphatic heterocycles. The molecular formula is C9H15F3O. The zero-order chi connectivity index (χ0) is 10.3. The number of halogens is 3. The van der Waals surface area contributed by atoms with Crippen molar-refractivity contribution in [3.05, 3.63) is 0 Å². The van der Waals surface area contributed by atoms with E-state index in [9.17, 15) is 13.2 Å². The highest BCUT2D eigenvalue weighted by molar-refractivity contribution is 4.95. The van der Waals surface area contributed by atoms with Crippen molar-refractivity contribution < 1.29 is 17.9 Å². The summed E-state index contributed by atoms with van der Waals surface area (Å²) < 4.78 is 42.5. The maximum Gasteiger partial charge on any atom is 0.398 e. The molecule has 1 fully saturated rings. The van der Waals surface area contributed by atoms with Gasteiger partial charge in [0, 0.05) is 0 Å². The molecule has 0 aromatic rings. The maximum absolute atomic E-state index is 12.6. The molecule has 1 saturated heterocycles. The van der Waals surface area contributed by atoms with Crippen LogP contribution < -0.4 is 0 Å². The first-order valence-corrected chi connectivity index (χ1v) is 4.31. The Morgan fingerprint density at radius 3 is 1.69 bits per heavy atom. The van der Waals surface area contributed by atoms with Crippen molar-refractivity contribution in [1.29, 1.82) is 0 Å². The van der Waals surface area contributed by atoms with Gasteiger partial charge in [0.15, 0.2) is 0 Å². The van der Waals surface area contributed by atoms with E-state index >= 15 is 0 Å². The second kappa shape index (κ2) is 2.87. The lowest BCUT2D eigenvalue weighted by Crippen LogP contribution is -2.55. The van der Waals surface area contributed by atoms with E-state index in [0.29, 0.717) is 0 Å². The van der Waals surface area contributed by atoms with Gasteiger partial charge in [0.2, 0.25) is 0 Å². The van der Waals surface area contributed by atoms with E-state index in [0.717, 1.165) is 0 Å². The van der Waals surface area contributed by atoms with Crippen LogP contribution >= 0.6 is 0 Å². The van der Waals surface area contributed by atoms with Gasteiger partial charge >= 0.3 is 6.18 Å². The second-order valence-corrected chi connectivity index (χ2v) is 5.01. The van der Waals surface area contributed by atoms with Gasteiger partial charge in [0.25, 0.3) is 0 Å². The van der Waals surface area contributed by atoms with Crippen LogP contribution in [0, 0.1) is 10.8 Å². The van der Waals surface area contributed by atoms with Crippen molar-refractivity contribution >= 4 is 0 Å². The summed E-state index contributed by atoms with van der Waals surface area (Å²) in [6.07, 6.45) is -3.98. The third-order valence-electron chi connectivity index (χ3n) is 2.23. The molecule has 0 aromatic carbocycles. The number of hydrogen-bond acceptors (Lipinski definition) is 1. The van der Waals surface area contributed by atoms with Gasteiger partial charge in [0.05, 0.1) is 13.2 Å². The number of hydrogen-bond donors (Lipinski definition) is 0. The fourth-order valence-electron chi connectivity index (χ4n) is 1.73. The summed E-state index contributed by atoms with van der Waals surface area (Å²) in [6.45, 7) is 5.11. The lowest BCUT2D eigenvalue weighted by molar-refractivity contribution is -0.311. The molecule has 1 heterocycles. The molecule has 0 radical (unpaired) electrons.